The van der Waals surface area contributed by atoms with Crippen LogP contribution in [0.3, 0.4) is 0 Å². The second-order valence-corrected chi connectivity index (χ2v) is 7.39. The third-order valence-electron chi connectivity index (χ3n) is 5.62. The maximum atomic E-state index is 13.3. The lowest BCUT2D eigenvalue weighted by Crippen LogP contribution is -2.46. The van der Waals surface area contributed by atoms with Crippen molar-refractivity contribution < 1.29 is 23.9 Å². The first-order valence-electron chi connectivity index (χ1n) is 9.85. The van der Waals surface area contributed by atoms with Gasteiger partial charge in [-0.2, -0.15) is 0 Å². The average Bonchev–Trinajstić information content (AvgIpc) is 3.05. The Morgan fingerprint density at radius 1 is 1.07 bits per heavy atom. The first-order valence-corrected chi connectivity index (χ1v) is 9.85. The number of hydrogen-bond donors (Lipinski definition) is 0. The summed E-state index contributed by atoms with van der Waals surface area (Å²) in [5.41, 5.74) is 1.82. The molecule has 0 aromatic heterocycles. The number of cyclic esters (lactones) is 1. The number of rotatable bonds is 5. The highest BCUT2D eigenvalue weighted by atomic mass is 16.6. The zero-order valence-electron chi connectivity index (χ0n) is 16.2. The van der Waals surface area contributed by atoms with Crippen LogP contribution in [0.2, 0.25) is 0 Å². The summed E-state index contributed by atoms with van der Waals surface area (Å²) in [5.74, 6) is -3.87. The maximum Gasteiger partial charge on any atom is 0.321 e. The third kappa shape index (κ3) is 3.62. The minimum Gasteiger partial charge on any atom is -0.465 e. The highest BCUT2D eigenvalue weighted by molar-refractivity contribution is 6.01. The summed E-state index contributed by atoms with van der Waals surface area (Å²) in [6, 6.07) is 19.0. The fourth-order valence-electron chi connectivity index (χ4n) is 4.34. The van der Waals surface area contributed by atoms with Crippen molar-refractivity contribution in [2.45, 2.75) is 19.6 Å². The third-order valence-corrected chi connectivity index (χ3v) is 5.62. The van der Waals surface area contributed by atoms with E-state index in [1.54, 1.807) is 11.8 Å². The highest BCUT2D eigenvalue weighted by Crippen LogP contribution is 2.46. The van der Waals surface area contributed by atoms with E-state index in [9.17, 15) is 14.4 Å². The number of fused-ring (bicyclic) bond motifs is 1. The molecule has 1 amide bonds. The van der Waals surface area contributed by atoms with Crippen molar-refractivity contribution in [2.24, 2.45) is 17.8 Å². The van der Waals surface area contributed by atoms with Crippen LogP contribution in [0.15, 0.2) is 60.7 Å². The molecule has 2 saturated heterocycles. The van der Waals surface area contributed by atoms with E-state index >= 15 is 0 Å². The molecule has 6 heteroatoms. The molecule has 150 valence electrons. The van der Waals surface area contributed by atoms with Gasteiger partial charge < -0.3 is 14.4 Å². The average molecular weight is 393 g/mol. The summed E-state index contributed by atoms with van der Waals surface area (Å²) in [6.07, 6.45) is -0.566. The smallest absolute Gasteiger partial charge is 0.321 e. The van der Waals surface area contributed by atoms with Gasteiger partial charge >= 0.3 is 11.9 Å². The molecular formula is C23H23NO5. The molecule has 2 aromatic carbocycles. The van der Waals surface area contributed by atoms with Crippen LogP contribution in [0.5, 0.6) is 0 Å². The molecule has 4 atom stereocenters. The molecule has 2 aromatic rings. The van der Waals surface area contributed by atoms with Gasteiger partial charge in [-0.3, -0.25) is 14.4 Å². The fraction of sp³-hybridized carbons (Fsp3) is 0.348. The van der Waals surface area contributed by atoms with Crippen LogP contribution in [0, 0.1) is 17.8 Å². The van der Waals surface area contributed by atoms with Gasteiger partial charge in [-0.1, -0.05) is 60.7 Å². The van der Waals surface area contributed by atoms with Crippen LogP contribution in [-0.4, -0.2) is 35.9 Å². The zero-order chi connectivity index (χ0) is 20.4. The predicted molar refractivity (Wildman–Crippen MR) is 104 cm³/mol. The predicted octanol–water partition coefficient (Wildman–Crippen LogP) is 2.74. The summed E-state index contributed by atoms with van der Waals surface area (Å²) < 4.78 is 10.8. The number of carbonyl (C=O) groups excluding carboxylic acids is 3. The van der Waals surface area contributed by atoms with E-state index in [2.05, 4.69) is 0 Å². The quantitative estimate of drug-likeness (QED) is 0.577. The van der Waals surface area contributed by atoms with E-state index in [0.29, 0.717) is 13.1 Å². The van der Waals surface area contributed by atoms with Gasteiger partial charge in [-0.15, -0.1) is 0 Å². The van der Waals surface area contributed by atoms with E-state index in [0.717, 1.165) is 11.1 Å². The van der Waals surface area contributed by atoms with Crippen molar-refractivity contribution in [1.82, 2.24) is 4.90 Å². The van der Waals surface area contributed by atoms with Gasteiger partial charge in [0, 0.05) is 19.0 Å². The SMILES string of the molecule is CCOC(=O)[C@H]1C(=O)O[C@@H](c2ccccc2)[C@@H]2CN(Cc3ccccc3)C(=O)[C@H]12. The number of amides is 1. The number of hydrogen-bond acceptors (Lipinski definition) is 5. The summed E-state index contributed by atoms with van der Waals surface area (Å²) in [5, 5.41) is 0. The molecule has 0 N–H and O–H groups in total. The molecule has 6 nitrogen and oxygen atoms in total. The fourth-order valence-corrected chi connectivity index (χ4v) is 4.34. The van der Waals surface area contributed by atoms with E-state index in [1.807, 2.05) is 60.7 Å². The van der Waals surface area contributed by atoms with E-state index in [1.165, 1.54) is 0 Å². The minimum absolute atomic E-state index is 0.143. The van der Waals surface area contributed by atoms with Crippen molar-refractivity contribution in [3.63, 3.8) is 0 Å². The van der Waals surface area contributed by atoms with Crippen LogP contribution in [-0.2, 0) is 30.4 Å². The lowest BCUT2D eigenvalue weighted by atomic mass is 9.76. The highest BCUT2D eigenvalue weighted by Gasteiger charge is 2.58. The largest absolute Gasteiger partial charge is 0.465 e. The van der Waals surface area contributed by atoms with E-state index in [4.69, 9.17) is 9.47 Å². The second-order valence-electron chi connectivity index (χ2n) is 7.39. The number of ether oxygens (including phenoxy) is 2. The summed E-state index contributed by atoms with van der Waals surface area (Å²) in [6.45, 7) is 2.66. The molecule has 0 bridgehead atoms. The first kappa shape index (κ1) is 19.2. The Labute approximate surface area is 169 Å². The van der Waals surface area contributed by atoms with Crippen molar-refractivity contribution in [3.8, 4) is 0 Å². The number of carbonyl (C=O) groups is 3. The number of esters is 2. The van der Waals surface area contributed by atoms with Crippen molar-refractivity contribution in [2.75, 3.05) is 13.2 Å². The molecule has 0 radical (unpaired) electrons. The second kappa shape index (κ2) is 8.07. The van der Waals surface area contributed by atoms with Crippen LogP contribution in [0.1, 0.15) is 24.2 Å². The topological polar surface area (TPSA) is 72.9 Å². The number of nitrogens with zero attached hydrogens (tertiary/aromatic N) is 1. The van der Waals surface area contributed by atoms with Crippen LogP contribution >= 0.6 is 0 Å². The standard InChI is InChI=1S/C23H23NO5/c1-2-28-22(26)19-18-17(20(29-23(19)27)16-11-7-4-8-12-16)14-24(21(18)25)13-15-9-5-3-6-10-15/h3-12,17-20H,2,13-14H2,1H3/t17-,18+,19+,20+/m1/s1. The molecule has 0 saturated carbocycles. The monoisotopic (exact) mass is 393 g/mol. The first-order chi connectivity index (χ1) is 14.1. The lowest BCUT2D eigenvalue weighted by molar-refractivity contribution is -0.182. The Morgan fingerprint density at radius 2 is 1.72 bits per heavy atom. The van der Waals surface area contributed by atoms with E-state index < -0.39 is 29.9 Å². The number of benzene rings is 2. The number of likely N-dealkylation sites (tertiary alicyclic amines) is 1. The molecular weight excluding hydrogens is 370 g/mol. The maximum absolute atomic E-state index is 13.3. The molecule has 2 heterocycles. The molecule has 0 spiro atoms. The van der Waals surface area contributed by atoms with Crippen LogP contribution < -0.4 is 0 Å². The Bertz CT molecular complexity index is 898. The van der Waals surface area contributed by atoms with Crippen molar-refractivity contribution >= 4 is 17.8 Å². The van der Waals surface area contributed by atoms with E-state index in [-0.39, 0.29) is 18.4 Å². The Balaban J connectivity index is 1.67. The van der Waals surface area contributed by atoms with Gasteiger partial charge in [0.25, 0.3) is 0 Å². The van der Waals surface area contributed by atoms with Gasteiger partial charge in [0.05, 0.1) is 12.5 Å². The normalized spacial score (nSPS) is 26.0. The Kier molecular flexibility index (Phi) is 5.34. The van der Waals surface area contributed by atoms with Gasteiger partial charge in [-0.25, -0.2) is 0 Å². The molecule has 2 fully saturated rings. The molecule has 29 heavy (non-hydrogen) atoms. The zero-order valence-corrected chi connectivity index (χ0v) is 16.2. The Morgan fingerprint density at radius 3 is 2.38 bits per heavy atom. The van der Waals surface area contributed by atoms with Crippen LogP contribution in [0.25, 0.3) is 0 Å². The van der Waals surface area contributed by atoms with Crippen molar-refractivity contribution in [1.29, 1.82) is 0 Å². The Hall–Kier alpha value is -3.15. The van der Waals surface area contributed by atoms with Gasteiger partial charge in [0.1, 0.15) is 6.10 Å². The van der Waals surface area contributed by atoms with Gasteiger partial charge in [0.2, 0.25) is 5.91 Å². The minimum atomic E-state index is -1.21. The molecule has 4 rings (SSSR count). The molecule has 0 unspecified atom stereocenters. The molecule has 2 aliphatic heterocycles. The molecule has 2 aliphatic rings. The summed E-state index contributed by atoms with van der Waals surface area (Å²) >= 11 is 0. The summed E-state index contributed by atoms with van der Waals surface area (Å²) in [7, 11) is 0. The van der Waals surface area contributed by atoms with Gasteiger partial charge in [0.15, 0.2) is 5.92 Å². The van der Waals surface area contributed by atoms with Gasteiger partial charge in [-0.05, 0) is 18.1 Å². The van der Waals surface area contributed by atoms with Crippen molar-refractivity contribution in [3.05, 3.63) is 71.8 Å². The molecule has 0 aliphatic carbocycles. The van der Waals surface area contributed by atoms with Crippen LogP contribution in [0.4, 0.5) is 0 Å². The lowest BCUT2D eigenvalue weighted by Gasteiger charge is -2.35. The summed E-state index contributed by atoms with van der Waals surface area (Å²) in [4.78, 5) is 40.3.